The molecule has 3 aromatic rings. The van der Waals surface area contributed by atoms with E-state index in [1.54, 1.807) is 30.6 Å². The van der Waals surface area contributed by atoms with Crippen molar-refractivity contribution in [1.29, 1.82) is 5.26 Å². The number of fused-ring (bicyclic) bond motifs is 3. The molecule has 1 unspecified atom stereocenters. The molecule has 0 amide bonds. The molecule has 134 valence electrons. The minimum Gasteiger partial charge on any atom is -0.438 e. The molecule has 0 saturated carbocycles. The van der Waals surface area contributed by atoms with Crippen LogP contribution in [0.3, 0.4) is 0 Å². The molecule has 0 spiro atoms. The third-order valence-corrected chi connectivity index (χ3v) is 5.16. The van der Waals surface area contributed by atoms with Crippen LogP contribution < -0.4 is 21.3 Å². The predicted octanol–water partition coefficient (Wildman–Crippen LogP) is 2.20. The summed E-state index contributed by atoms with van der Waals surface area (Å²) in [4.78, 5) is 24.1. The summed E-state index contributed by atoms with van der Waals surface area (Å²) in [5.41, 5.74) is 7.21. The van der Waals surface area contributed by atoms with Gasteiger partial charge in [0.05, 0.1) is 11.5 Å². The van der Waals surface area contributed by atoms with Gasteiger partial charge in [-0.15, -0.1) is 6.58 Å². The van der Waals surface area contributed by atoms with Gasteiger partial charge in [-0.25, -0.2) is 4.98 Å². The summed E-state index contributed by atoms with van der Waals surface area (Å²) < 4.78 is 6.36. The van der Waals surface area contributed by atoms with E-state index in [1.165, 1.54) is 11.3 Å². The molecule has 0 aromatic carbocycles. The normalized spacial score (nSPS) is 15.7. The number of nitriles is 1. The van der Waals surface area contributed by atoms with Crippen molar-refractivity contribution in [2.45, 2.75) is 5.92 Å². The molecular weight excluding hydrogens is 364 g/mol. The number of anilines is 1. The van der Waals surface area contributed by atoms with Crippen LogP contribution in [0, 0.1) is 11.3 Å². The van der Waals surface area contributed by atoms with Gasteiger partial charge in [0.1, 0.15) is 16.3 Å². The zero-order valence-electron chi connectivity index (χ0n) is 14.0. The summed E-state index contributed by atoms with van der Waals surface area (Å²) in [6.07, 6.45) is 4.94. The van der Waals surface area contributed by atoms with Gasteiger partial charge in [0.2, 0.25) is 5.88 Å². The van der Waals surface area contributed by atoms with Crippen molar-refractivity contribution < 1.29 is 4.74 Å². The molecule has 1 aliphatic heterocycles. The summed E-state index contributed by atoms with van der Waals surface area (Å²) in [6.45, 7) is 4.19. The third-order valence-electron chi connectivity index (χ3n) is 4.15. The number of allylic oxidation sites excluding steroid dienone is 1. The minimum atomic E-state index is -0.660. The van der Waals surface area contributed by atoms with Crippen molar-refractivity contribution in [2.24, 2.45) is 5.73 Å². The number of hydrogen-bond donors (Lipinski definition) is 3. The van der Waals surface area contributed by atoms with Gasteiger partial charge in [-0.05, 0) is 11.6 Å². The van der Waals surface area contributed by atoms with E-state index >= 15 is 0 Å². The van der Waals surface area contributed by atoms with Crippen molar-refractivity contribution in [3.63, 3.8) is 0 Å². The van der Waals surface area contributed by atoms with E-state index in [1.807, 2.05) is 0 Å². The van der Waals surface area contributed by atoms with E-state index in [9.17, 15) is 10.1 Å². The van der Waals surface area contributed by atoms with Gasteiger partial charge in [-0.2, -0.15) is 5.26 Å². The Kier molecular flexibility index (Phi) is 4.10. The number of nitrogens with zero attached hydrogens (tertiary/aromatic N) is 3. The van der Waals surface area contributed by atoms with Crippen molar-refractivity contribution >= 4 is 26.8 Å². The molecule has 0 saturated heterocycles. The minimum absolute atomic E-state index is 0.0280. The molecule has 1 atom stereocenters. The maximum Gasteiger partial charge on any atom is 0.257 e. The highest BCUT2D eigenvalue weighted by Crippen LogP contribution is 2.44. The Morgan fingerprint density at radius 1 is 1.56 bits per heavy atom. The molecule has 1 aliphatic rings. The lowest BCUT2D eigenvalue weighted by atomic mass is 9.85. The van der Waals surface area contributed by atoms with Gasteiger partial charge in [0.15, 0.2) is 16.5 Å². The predicted molar refractivity (Wildman–Crippen MR) is 102 cm³/mol. The fourth-order valence-corrected chi connectivity index (χ4v) is 3.93. The second-order valence-electron chi connectivity index (χ2n) is 5.77. The summed E-state index contributed by atoms with van der Waals surface area (Å²) in [5.74, 6) is -0.365. The van der Waals surface area contributed by atoms with Gasteiger partial charge in [0.25, 0.3) is 5.56 Å². The topological polar surface area (TPSA) is 130 Å². The van der Waals surface area contributed by atoms with Crippen LogP contribution in [0.5, 0.6) is 5.75 Å². The van der Waals surface area contributed by atoms with Crippen LogP contribution in [0.15, 0.2) is 53.4 Å². The summed E-state index contributed by atoms with van der Waals surface area (Å²) in [6, 6.07) is 5.60. The highest BCUT2D eigenvalue weighted by molar-refractivity contribution is 7.22. The molecular formula is C18H14N6O2S. The molecule has 27 heavy (non-hydrogen) atoms. The lowest BCUT2D eigenvalue weighted by Crippen LogP contribution is -2.27. The lowest BCUT2D eigenvalue weighted by molar-refractivity contribution is 0.397. The fraction of sp³-hybridized carbons (Fsp3) is 0.111. The standard InChI is InChI=1S/C18H14N6O2S/c1-2-5-22-18-24-16-14(27-18)13-12(17(25)23-16)11(9-4-3-6-21-8-9)10(7-19)15(20)26-13/h2-4,6,8,11H,1,5,20H2,(H2,22,23,24,25). The maximum atomic E-state index is 12.9. The zero-order chi connectivity index (χ0) is 19.0. The van der Waals surface area contributed by atoms with Gasteiger partial charge < -0.3 is 20.8 Å². The van der Waals surface area contributed by atoms with E-state index in [-0.39, 0.29) is 17.0 Å². The average molecular weight is 378 g/mol. The monoisotopic (exact) mass is 378 g/mol. The number of aromatic amines is 1. The second-order valence-corrected chi connectivity index (χ2v) is 6.77. The number of aromatic nitrogens is 3. The van der Waals surface area contributed by atoms with Gasteiger partial charge in [-0.1, -0.05) is 23.5 Å². The Labute approximate surface area is 157 Å². The molecule has 3 aromatic heterocycles. The second kappa shape index (κ2) is 6.59. The molecule has 0 bridgehead atoms. The van der Waals surface area contributed by atoms with Crippen LogP contribution in [0.1, 0.15) is 17.0 Å². The molecule has 4 rings (SSSR count). The summed E-state index contributed by atoms with van der Waals surface area (Å²) in [5, 5.41) is 13.3. The van der Waals surface area contributed by atoms with Crippen LogP contribution in [0.25, 0.3) is 10.3 Å². The first-order chi connectivity index (χ1) is 13.1. The number of thiazole rings is 1. The number of H-pyrrole nitrogens is 1. The van der Waals surface area contributed by atoms with Crippen LogP contribution >= 0.6 is 11.3 Å². The Hall–Kier alpha value is -3.64. The van der Waals surface area contributed by atoms with Crippen molar-refractivity contribution in [3.8, 4) is 11.8 Å². The van der Waals surface area contributed by atoms with E-state index in [4.69, 9.17) is 10.5 Å². The number of nitrogens with one attached hydrogen (secondary N) is 2. The van der Waals surface area contributed by atoms with Crippen LogP contribution in [-0.2, 0) is 0 Å². The Morgan fingerprint density at radius 2 is 2.41 bits per heavy atom. The maximum absolute atomic E-state index is 12.9. The molecule has 4 heterocycles. The highest BCUT2D eigenvalue weighted by Gasteiger charge is 2.35. The number of nitrogens with two attached hydrogens (primary N) is 1. The molecule has 0 aliphatic carbocycles. The highest BCUT2D eigenvalue weighted by atomic mass is 32.1. The number of rotatable bonds is 4. The number of ether oxygens (including phenoxy) is 1. The number of hydrogen-bond acceptors (Lipinski definition) is 8. The molecule has 4 N–H and O–H groups in total. The van der Waals surface area contributed by atoms with Crippen molar-refractivity contribution in [1.82, 2.24) is 15.0 Å². The van der Waals surface area contributed by atoms with Crippen molar-refractivity contribution in [3.05, 3.63) is 70.1 Å². The molecule has 8 nitrogen and oxygen atoms in total. The van der Waals surface area contributed by atoms with Gasteiger partial charge >= 0.3 is 0 Å². The first-order valence-electron chi connectivity index (χ1n) is 8.03. The SMILES string of the molecule is C=CCNc1nc2[nH]c(=O)c3c(c2s1)OC(N)=C(C#N)C3c1cccnc1. The van der Waals surface area contributed by atoms with Gasteiger partial charge in [-0.3, -0.25) is 9.78 Å². The summed E-state index contributed by atoms with van der Waals surface area (Å²) >= 11 is 1.33. The zero-order valence-corrected chi connectivity index (χ0v) is 14.8. The Bertz CT molecular complexity index is 1170. The Balaban J connectivity index is 1.98. The quantitative estimate of drug-likeness (QED) is 0.593. The van der Waals surface area contributed by atoms with E-state index in [2.05, 4.69) is 32.9 Å². The lowest BCUT2D eigenvalue weighted by Gasteiger charge is -2.25. The summed E-state index contributed by atoms with van der Waals surface area (Å²) in [7, 11) is 0. The van der Waals surface area contributed by atoms with Crippen LogP contribution in [-0.4, -0.2) is 21.5 Å². The smallest absolute Gasteiger partial charge is 0.257 e. The van der Waals surface area contributed by atoms with E-state index in [0.29, 0.717) is 38.9 Å². The molecule has 0 fully saturated rings. The van der Waals surface area contributed by atoms with E-state index < -0.39 is 5.92 Å². The molecule has 9 heteroatoms. The first-order valence-corrected chi connectivity index (χ1v) is 8.84. The number of pyridine rings is 2. The third kappa shape index (κ3) is 2.72. The van der Waals surface area contributed by atoms with Crippen molar-refractivity contribution in [2.75, 3.05) is 11.9 Å². The van der Waals surface area contributed by atoms with Crippen LogP contribution in [0.4, 0.5) is 5.13 Å². The largest absolute Gasteiger partial charge is 0.438 e. The van der Waals surface area contributed by atoms with Gasteiger partial charge in [0, 0.05) is 18.9 Å². The fourth-order valence-electron chi connectivity index (χ4n) is 3.01. The van der Waals surface area contributed by atoms with Crippen LogP contribution in [0.2, 0.25) is 0 Å². The molecule has 0 radical (unpaired) electrons. The first kappa shape index (κ1) is 16.8. The van der Waals surface area contributed by atoms with E-state index in [0.717, 1.165) is 0 Å². The average Bonchev–Trinajstić information content (AvgIpc) is 3.09. The Morgan fingerprint density at radius 3 is 3.11 bits per heavy atom.